The Labute approximate surface area is 103 Å². The van der Waals surface area contributed by atoms with Gasteiger partial charge in [0.25, 0.3) is 0 Å². The highest BCUT2D eigenvalue weighted by molar-refractivity contribution is 5.30. The number of alkyl halides is 2. The summed E-state index contributed by atoms with van der Waals surface area (Å²) in [5.74, 6) is -2.68. The Morgan fingerprint density at radius 1 is 0.944 bits per heavy atom. The summed E-state index contributed by atoms with van der Waals surface area (Å²) < 4.78 is 32.5. The summed E-state index contributed by atoms with van der Waals surface area (Å²) in [6.45, 7) is -0.734. The number of phenolic OH excluding ortho intramolecular Hbond substituents is 1. The van der Waals surface area contributed by atoms with Crippen LogP contribution in [0.1, 0.15) is 5.56 Å². The van der Waals surface area contributed by atoms with Crippen molar-refractivity contribution in [1.29, 1.82) is 0 Å². The van der Waals surface area contributed by atoms with Gasteiger partial charge >= 0.3 is 5.92 Å². The molecule has 0 spiro atoms. The van der Waals surface area contributed by atoms with Gasteiger partial charge in [0.1, 0.15) is 11.5 Å². The van der Waals surface area contributed by atoms with E-state index in [2.05, 4.69) is 0 Å². The summed E-state index contributed by atoms with van der Waals surface area (Å²) in [6, 6.07) is 13.2. The lowest BCUT2D eigenvalue weighted by Gasteiger charge is -2.17. The zero-order valence-corrected chi connectivity index (χ0v) is 9.51. The highest BCUT2D eigenvalue weighted by Crippen LogP contribution is 2.29. The third-order valence-electron chi connectivity index (χ3n) is 2.45. The van der Waals surface area contributed by atoms with Gasteiger partial charge in [0.2, 0.25) is 0 Å². The van der Waals surface area contributed by atoms with Crippen LogP contribution < -0.4 is 4.74 Å². The van der Waals surface area contributed by atoms with Crippen molar-refractivity contribution in [2.45, 2.75) is 5.92 Å². The van der Waals surface area contributed by atoms with Gasteiger partial charge in [0.15, 0.2) is 6.61 Å². The predicted molar refractivity (Wildman–Crippen MR) is 63.9 cm³/mol. The standard InChI is InChI=1S/C14H12F2O2/c15-14(16,11-4-2-1-3-5-11)10-18-13-8-6-12(17)7-9-13/h1-9,17H,10H2. The molecule has 94 valence electrons. The second-order valence-electron chi connectivity index (χ2n) is 3.85. The fourth-order valence-electron chi connectivity index (χ4n) is 1.48. The summed E-state index contributed by atoms with van der Waals surface area (Å²) in [5.41, 5.74) is -0.0798. The summed E-state index contributed by atoms with van der Waals surface area (Å²) in [4.78, 5) is 0. The first-order valence-electron chi connectivity index (χ1n) is 5.43. The largest absolute Gasteiger partial charge is 0.508 e. The monoisotopic (exact) mass is 250 g/mol. The van der Waals surface area contributed by atoms with Crippen LogP contribution in [0.5, 0.6) is 11.5 Å². The van der Waals surface area contributed by atoms with E-state index < -0.39 is 12.5 Å². The van der Waals surface area contributed by atoms with E-state index in [1.807, 2.05) is 0 Å². The minimum absolute atomic E-state index is 0.0668. The van der Waals surface area contributed by atoms with Gasteiger partial charge in [0, 0.05) is 5.56 Å². The van der Waals surface area contributed by atoms with Crippen LogP contribution in [0.2, 0.25) is 0 Å². The van der Waals surface area contributed by atoms with E-state index in [0.29, 0.717) is 5.75 Å². The van der Waals surface area contributed by atoms with Crippen LogP contribution in [0.3, 0.4) is 0 Å². The Bertz CT molecular complexity index is 495. The average molecular weight is 250 g/mol. The molecule has 0 aliphatic carbocycles. The minimum atomic E-state index is -3.04. The molecule has 0 heterocycles. The maximum Gasteiger partial charge on any atom is 0.306 e. The van der Waals surface area contributed by atoms with Gasteiger partial charge in [-0.2, -0.15) is 8.78 Å². The number of phenols is 1. The fourth-order valence-corrected chi connectivity index (χ4v) is 1.48. The van der Waals surface area contributed by atoms with Crippen LogP contribution >= 0.6 is 0 Å². The van der Waals surface area contributed by atoms with E-state index in [9.17, 15) is 8.78 Å². The van der Waals surface area contributed by atoms with Crippen molar-refractivity contribution in [1.82, 2.24) is 0 Å². The molecule has 2 nitrogen and oxygen atoms in total. The quantitative estimate of drug-likeness (QED) is 0.899. The fraction of sp³-hybridized carbons (Fsp3) is 0.143. The Hall–Kier alpha value is -2.10. The van der Waals surface area contributed by atoms with Crippen LogP contribution in [0.4, 0.5) is 8.78 Å². The molecule has 18 heavy (non-hydrogen) atoms. The lowest BCUT2D eigenvalue weighted by atomic mass is 10.1. The van der Waals surface area contributed by atoms with Gasteiger partial charge in [-0.25, -0.2) is 0 Å². The van der Waals surface area contributed by atoms with E-state index in [-0.39, 0.29) is 11.3 Å². The van der Waals surface area contributed by atoms with E-state index in [0.717, 1.165) is 0 Å². The van der Waals surface area contributed by atoms with Crippen molar-refractivity contribution in [2.75, 3.05) is 6.61 Å². The van der Waals surface area contributed by atoms with Gasteiger partial charge in [0.05, 0.1) is 0 Å². The summed E-state index contributed by atoms with van der Waals surface area (Å²) >= 11 is 0. The van der Waals surface area contributed by atoms with Crippen LogP contribution in [0.25, 0.3) is 0 Å². The zero-order chi connectivity index (χ0) is 13.0. The van der Waals surface area contributed by atoms with Crippen LogP contribution in [-0.2, 0) is 5.92 Å². The number of rotatable bonds is 4. The Balaban J connectivity index is 2.03. The molecule has 2 rings (SSSR count). The molecule has 0 saturated carbocycles. The molecule has 4 heteroatoms. The molecule has 0 radical (unpaired) electrons. The second kappa shape index (κ2) is 5.04. The van der Waals surface area contributed by atoms with Crippen molar-refractivity contribution in [3.63, 3.8) is 0 Å². The first-order valence-corrected chi connectivity index (χ1v) is 5.43. The first-order chi connectivity index (χ1) is 8.58. The number of hydrogen-bond acceptors (Lipinski definition) is 2. The highest BCUT2D eigenvalue weighted by Gasteiger charge is 2.32. The van der Waals surface area contributed by atoms with Crippen molar-refractivity contribution >= 4 is 0 Å². The maximum atomic E-state index is 13.7. The van der Waals surface area contributed by atoms with Gasteiger partial charge < -0.3 is 9.84 Å². The number of ether oxygens (including phenoxy) is 1. The molecule has 0 bridgehead atoms. The summed E-state index contributed by atoms with van der Waals surface area (Å²) in [6.07, 6.45) is 0. The molecule has 0 saturated heterocycles. The Morgan fingerprint density at radius 2 is 1.56 bits per heavy atom. The van der Waals surface area contributed by atoms with Crippen molar-refractivity contribution in [3.8, 4) is 11.5 Å². The minimum Gasteiger partial charge on any atom is -0.508 e. The van der Waals surface area contributed by atoms with Gasteiger partial charge in [-0.15, -0.1) is 0 Å². The lowest BCUT2D eigenvalue weighted by Crippen LogP contribution is -2.22. The topological polar surface area (TPSA) is 29.5 Å². The maximum absolute atomic E-state index is 13.7. The molecule has 0 aromatic heterocycles. The lowest BCUT2D eigenvalue weighted by molar-refractivity contribution is -0.0467. The molecular formula is C14H12F2O2. The molecule has 0 aliphatic heterocycles. The number of benzene rings is 2. The summed E-state index contributed by atoms with van der Waals surface area (Å²) in [7, 11) is 0. The van der Waals surface area contributed by atoms with Crippen molar-refractivity contribution in [2.24, 2.45) is 0 Å². The average Bonchev–Trinajstić information content (AvgIpc) is 2.39. The normalized spacial score (nSPS) is 11.2. The molecule has 0 aliphatic rings. The summed E-state index contributed by atoms with van der Waals surface area (Å²) in [5, 5.41) is 9.06. The molecule has 1 N–H and O–H groups in total. The third-order valence-corrected chi connectivity index (χ3v) is 2.45. The van der Waals surface area contributed by atoms with Gasteiger partial charge in [-0.3, -0.25) is 0 Å². The van der Waals surface area contributed by atoms with E-state index >= 15 is 0 Å². The van der Waals surface area contributed by atoms with Crippen molar-refractivity contribution < 1.29 is 18.6 Å². The highest BCUT2D eigenvalue weighted by atomic mass is 19.3. The molecule has 0 fully saturated rings. The van der Waals surface area contributed by atoms with Gasteiger partial charge in [-0.1, -0.05) is 30.3 Å². The SMILES string of the molecule is Oc1ccc(OCC(F)(F)c2ccccc2)cc1. The smallest absolute Gasteiger partial charge is 0.306 e. The molecule has 2 aromatic carbocycles. The van der Waals surface area contributed by atoms with E-state index in [1.165, 1.54) is 36.4 Å². The Kier molecular flexibility index (Phi) is 3.46. The van der Waals surface area contributed by atoms with Crippen LogP contribution in [0.15, 0.2) is 54.6 Å². The molecular weight excluding hydrogens is 238 g/mol. The third kappa shape index (κ3) is 2.97. The van der Waals surface area contributed by atoms with E-state index in [4.69, 9.17) is 9.84 Å². The molecule has 0 amide bonds. The zero-order valence-electron chi connectivity index (χ0n) is 9.51. The molecule has 2 aromatic rings. The Morgan fingerprint density at radius 3 is 2.17 bits per heavy atom. The number of hydrogen-bond donors (Lipinski definition) is 1. The van der Waals surface area contributed by atoms with E-state index in [1.54, 1.807) is 18.2 Å². The van der Waals surface area contributed by atoms with Crippen molar-refractivity contribution in [3.05, 3.63) is 60.2 Å². The second-order valence-corrected chi connectivity index (χ2v) is 3.85. The van der Waals surface area contributed by atoms with Gasteiger partial charge in [-0.05, 0) is 24.3 Å². The van der Waals surface area contributed by atoms with Crippen LogP contribution in [0, 0.1) is 0 Å². The van der Waals surface area contributed by atoms with Crippen LogP contribution in [-0.4, -0.2) is 11.7 Å². The molecule has 0 unspecified atom stereocenters. The molecule has 0 atom stereocenters. The number of halogens is 2. The first kappa shape index (κ1) is 12.4. The predicted octanol–water partition coefficient (Wildman–Crippen LogP) is 3.56. The number of aromatic hydroxyl groups is 1.